The smallest absolute Gasteiger partial charge is 0.248 e. The first kappa shape index (κ1) is 27.4. The van der Waals surface area contributed by atoms with Gasteiger partial charge >= 0.3 is 0 Å². The van der Waals surface area contributed by atoms with E-state index < -0.39 is 22.0 Å². The van der Waals surface area contributed by atoms with Crippen molar-refractivity contribution < 1.29 is 18.0 Å². The zero-order valence-electron chi connectivity index (χ0n) is 21.1. The maximum Gasteiger partial charge on any atom is 0.248 e. The summed E-state index contributed by atoms with van der Waals surface area (Å²) >= 11 is 6.07. The summed E-state index contributed by atoms with van der Waals surface area (Å²) in [6, 6.07) is 19.4. The van der Waals surface area contributed by atoms with Crippen LogP contribution in [0.2, 0.25) is 5.02 Å². The minimum atomic E-state index is -3.80. The van der Waals surface area contributed by atoms with E-state index in [1.54, 1.807) is 61.5 Å². The van der Waals surface area contributed by atoms with Crippen molar-refractivity contribution in [2.45, 2.75) is 45.6 Å². The molecule has 0 unspecified atom stereocenters. The van der Waals surface area contributed by atoms with E-state index >= 15 is 0 Å². The van der Waals surface area contributed by atoms with Crippen molar-refractivity contribution in [3.8, 4) is 0 Å². The highest BCUT2D eigenvalue weighted by Crippen LogP contribution is 2.27. The van der Waals surface area contributed by atoms with Gasteiger partial charge in [0.15, 0.2) is 5.78 Å². The van der Waals surface area contributed by atoms with Crippen LogP contribution in [0.3, 0.4) is 0 Å². The molecular formula is C28H31ClN2O4S. The number of halogens is 1. The molecule has 3 rings (SSSR count). The van der Waals surface area contributed by atoms with Crippen LogP contribution >= 0.6 is 11.6 Å². The molecular weight excluding hydrogens is 496 g/mol. The van der Waals surface area contributed by atoms with Gasteiger partial charge in [0.2, 0.25) is 15.9 Å². The number of hydrogen-bond acceptors (Lipinski definition) is 4. The first-order valence-electron chi connectivity index (χ1n) is 11.6. The fourth-order valence-electron chi connectivity index (χ4n) is 3.93. The Morgan fingerprint density at radius 3 is 2.14 bits per heavy atom. The van der Waals surface area contributed by atoms with Gasteiger partial charge in [0.05, 0.1) is 11.9 Å². The molecule has 0 spiro atoms. The Balaban J connectivity index is 1.85. The number of nitrogens with zero attached hydrogens (tertiary/aromatic N) is 1. The topological polar surface area (TPSA) is 83.6 Å². The van der Waals surface area contributed by atoms with Crippen molar-refractivity contribution in [1.82, 2.24) is 0 Å². The molecule has 0 aliphatic carbocycles. The van der Waals surface area contributed by atoms with Crippen LogP contribution in [-0.2, 0) is 20.2 Å². The second kappa shape index (κ2) is 10.8. The predicted octanol–water partition coefficient (Wildman–Crippen LogP) is 6.05. The second-order valence-electron chi connectivity index (χ2n) is 9.69. The molecule has 0 aliphatic heterocycles. The Morgan fingerprint density at radius 1 is 0.944 bits per heavy atom. The van der Waals surface area contributed by atoms with Crippen LogP contribution in [0.25, 0.3) is 0 Å². The lowest BCUT2D eigenvalue weighted by molar-refractivity contribution is -0.117. The molecule has 1 atom stereocenters. The van der Waals surface area contributed by atoms with Crippen LogP contribution in [0.5, 0.6) is 0 Å². The second-order valence-corrected chi connectivity index (χ2v) is 12.0. The SMILES string of the molecule is CC[C@H](C(=O)Nc1cccc(C(=O)c2ccc(C(C)(C)C)cc2)c1)N(c1cccc(Cl)c1)S(C)(=O)=O. The molecule has 1 N–H and O–H groups in total. The maximum atomic E-state index is 13.2. The molecule has 0 saturated heterocycles. The lowest BCUT2D eigenvalue weighted by Crippen LogP contribution is -2.47. The van der Waals surface area contributed by atoms with E-state index in [0.717, 1.165) is 16.1 Å². The van der Waals surface area contributed by atoms with Crippen LogP contribution < -0.4 is 9.62 Å². The summed E-state index contributed by atoms with van der Waals surface area (Å²) in [5.41, 5.74) is 2.76. The summed E-state index contributed by atoms with van der Waals surface area (Å²) < 4.78 is 26.4. The van der Waals surface area contributed by atoms with Gasteiger partial charge in [0.1, 0.15) is 6.04 Å². The number of sulfonamides is 1. The number of anilines is 2. The first-order valence-corrected chi connectivity index (χ1v) is 13.8. The summed E-state index contributed by atoms with van der Waals surface area (Å²) in [6.07, 6.45) is 1.28. The normalized spacial score (nSPS) is 12.6. The van der Waals surface area contributed by atoms with E-state index in [9.17, 15) is 18.0 Å². The Morgan fingerprint density at radius 2 is 1.58 bits per heavy atom. The molecule has 6 nitrogen and oxygen atoms in total. The van der Waals surface area contributed by atoms with Crippen molar-refractivity contribution in [3.63, 3.8) is 0 Å². The molecule has 190 valence electrons. The lowest BCUT2D eigenvalue weighted by atomic mass is 9.86. The van der Waals surface area contributed by atoms with Crippen molar-refractivity contribution in [2.75, 3.05) is 15.9 Å². The Kier molecular flexibility index (Phi) is 8.26. The molecule has 0 aromatic heterocycles. The highest BCUT2D eigenvalue weighted by molar-refractivity contribution is 7.92. The van der Waals surface area contributed by atoms with Crippen LogP contribution in [0.1, 0.15) is 55.6 Å². The highest BCUT2D eigenvalue weighted by Gasteiger charge is 2.31. The standard InChI is InChI=1S/C28H31ClN2O4S/c1-6-25(31(36(5,34)35)24-12-8-10-22(29)18-24)27(33)30-23-11-7-9-20(17-23)26(32)19-13-15-21(16-14-19)28(2,3)4/h7-18,25H,6H2,1-5H3,(H,30,33)/t25-/m1/s1. The molecule has 0 bridgehead atoms. The average molecular weight is 527 g/mol. The summed E-state index contributed by atoms with van der Waals surface area (Å²) in [4.78, 5) is 26.3. The number of ketones is 1. The molecule has 0 radical (unpaired) electrons. The van der Waals surface area contributed by atoms with Crippen LogP contribution in [0, 0.1) is 0 Å². The molecule has 0 saturated carbocycles. The van der Waals surface area contributed by atoms with Gasteiger partial charge in [-0.2, -0.15) is 0 Å². The first-order chi connectivity index (χ1) is 16.8. The van der Waals surface area contributed by atoms with E-state index in [1.807, 2.05) is 12.1 Å². The third kappa shape index (κ3) is 6.53. The van der Waals surface area contributed by atoms with E-state index in [2.05, 4.69) is 26.1 Å². The van der Waals surface area contributed by atoms with Crippen molar-refractivity contribution in [1.29, 1.82) is 0 Å². The molecule has 8 heteroatoms. The third-order valence-corrected chi connectivity index (χ3v) is 7.21. The summed E-state index contributed by atoms with van der Waals surface area (Å²) in [5.74, 6) is -0.683. The van der Waals surface area contributed by atoms with Gasteiger partial charge in [-0.25, -0.2) is 8.42 Å². The maximum absolute atomic E-state index is 13.2. The van der Waals surface area contributed by atoms with E-state index in [-0.39, 0.29) is 17.6 Å². The van der Waals surface area contributed by atoms with Gasteiger partial charge < -0.3 is 5.32 Å². The fourth-order valence-corrected chi connectivity index (χ4v) is 5.31. The largest absolute Gasteiger partial charge is 0.324 e. The highest BCUT2D eigenvalue weighted by atomic mass is 35.5. The molecule has 0 aliphatic rings. The molecule has 3 aromatic rings. The van der Waals surface area contributed by atoms with Crippen LogP contribution in [0.15, 0.2) is 72.8 Å². The Bertz CT molecular complexity index is 1360. The monoisotopic (exact) mass is 526 g/mol. The van der Waals surface area contributed by atoms with Gasteiger partial charge in [-0.1, -0.05) is 81.8 Å². The minimum absolute atomic E-state index is 0.0213. The fraction of sp³-hybridized carbons (Fsp3) is 0.286. The van der Waals surface area contributed by atoms with Crippen molar-refractivity contribution in [2.24, 2.45) is 0 Å². The summed E-state index contributed by atoms with van der Waals surface area (Å²) in [6.45, 7) is 8.05. The molecule has 0 heterocycles. The lowest BCUT2D eigenvalue weighted by Gasteiger charge is -2.30. The van der Waals surface area contributed by atoms with Gasteiger partial charge in [-0.15, -0.1) is 0 Å². The van der Waals surface area contributed by atoms with E-state index in [4.69, 9.17) is 11.6 Å². The summed E-state index contributed by atoms with van der Waals surface area (Å²) in [5, 5.41) is 3.13. The number of hydrogen-bond donors (Lipinski definition) is 1. The Hall–Kier alpha value is -3.16. The minimum Gasteiger partial charge on any atom is -0.324 e. The number of carbonyl (C=O) groups excluding carboxylic acids is 2. The van der Waals surface area contributed by atoms with Crippen molar-refractivity contribution >= 4 is 44.7 Å². The van der Waals surface area contributed by atoms with E-state index in [0.29, 0.717) is 27.5 Å². The number of nitrogens with one attached hydrogen (secondary N) is 1. The van der Waals surface area contributed by atoms with Gasteiger partial charge in [0.25, 0.3) is 0 Å². The van der Waals surface area contributed by atoms with Gasteiger partial charge in [-0.05, 0) is 47.7 Å². The number of amides is 1. The van der Waals surface area contributed by atoms with Gasteiger partial charge in [0, 0.05) is 21.8 Å². The predicted molar refractivity (Wildman–Crippen MR) is 146 cm³/mol. The number of benzene rings is 3. The quantitative estimate of drug-likeness (QED) is 0.362. The number of rotatable bonds is 8. The van der Waals surface area contributed by atoms with Gasteiger partial charge in [-0.3, -0.25) is 13.9 Å². The zero-order valence-corrected chi connectivity index (χ0v) is 22.7. The Labute approximate surface area is 218 Å². The summed E-state index contributed by atoms with van der Waals surface area (Å²) in [7, 11) is -3.80. The third-order valence-electron chi connectivity index (χ3n) is 5.80. The van der Waals surface area contributed by atoms with Crippen LogP contribution in [-0.4, -0.2) is 32.4 Å². The van der Waals surface area contributed by atoms with Crippen LogP contribution in [0.4, 0.5) is 11.4 Å². The molecule has 3 aromatic carbocycles. The average Bonchev–Trinajstić information content (AvgIpc) is 2.80. The molecule has 0 fully saturated rings. The molecule has 1 amide bonds. The van der Waals surface area contributed by atoms with E-state index in [1.165, 1.54) is 6.07 Å². The molecule has 36 heavy (non-hydrogen) atoms. The zero-order chi connectivity index (χ0) is 26.7. The van der Waals surface area contributed by atoms with Crippen molar-refractivity contribution in [3.05, 3.63) is 94.5 Å². The number of carbonyl (C=O) groups is 2.